The van der Waals surface area contributed by atoms with Crippen LogP contribution in [0.4, 0.5) is 4.39 Å². The summed E-state index contributed by atoms with van der Waals surface area (Å²) in [6, 6.07) is 8.65. The fourth-order valence-corrected chi connectivity index (χ4v) is 6.10. The molecule has 0 unspecified atom stereocenters. The van der Waals surface area contributed by atoms with Crippen LogP contribution in [0.15, 0.2) is 41.3 Å². The third-order valence-electron chi connectivity index (χ3n) is 5.94. The van der Waals surface area contributed by atoms with Gasteiger partial charge in [-0.25, -0.2) is 12.8 Å². The number of rotatable bonds is 7. The van der Waals surface area contributed by atoms with E-state index in [0.29, 0.717) is 41.3 Å². The zero-order chi connectivity index (χ0) is 23.5. The number of benzene rings is 2. The molecule has 2 aromatic rings. The summed E-state index contributed by atoms with van der Waals surface area (Å²) in [5, 5.41) is 11.4. The minimum Gasteiger partial charge on any atom is -0.759 e. The van der Waals surface area contributed by atoms with Gasteiger partial charge in [-0.1, -0.05) is 29.3 Å². The molecule has 1 saturated carbocycles. The molecular formula is C22H24Cl2FN2O4S-. The van der Waals surface area contributed by atoms with Gasteiger partial charge in [0.15, 0.2) is 0 Å². The van der Waals surface area contributed by atoms with Gasteiger partial charge in [0.2, 0.25) is 15.9 Å². The van der Waals surface area contributed by atoms with Gasteiger partial charge in [-0.05, 0) is 74.4 Å². The summed E-state index contributed by atoms with van der Waals surface area (Å²) >= 11 is 12.6. The van der Waals surface area contributed by atoms with Crippen LogP contribution in [0.3, 0.4) is 0 Å². The van der Waals surface area contributed by atoms with Crippen LogP contribution < -0.4 is 5.48 Å². The Morgan fingerprint density at radius 1 is 1.16 bits per heavy atom. The molecule has 1 fully saturated rings. The molecule has 6 nitrogen and oxygen atoms in total. The first-order valence-electron chi connectivity index (χ1n) is 10.2. The third kappa shape index (κ3) is 5.61. The zero-order valence-electron chi connectivity index (χ0n) is 17.5. The molecule has 174 valence electrons. The highest BCUT2D eigenvalue weighted by Crippen LogP contribution is 2.33. The van der Waals surface area contributed by atoms with Crippen molar-refractivity contribution in [2.24, 2.45) is 11.8 Å². The zero-order valence-corrected chi connectivity index (χ0v) is 19.8. The van der Waals surface area contributed by atoms with Crippen LogP contribution in [-0.2, 0) is 21.4 Å². The average Bonchev–Trinajstić information content (AvgIpc) is 2.77. The first-order valence-corrected chi connectivity index (χ1v) is 12.4. The van der Waals surface area contributed by atoms with Gasteiger partial charge in [0.25, 0.3) is 0 Å². The lowest BCUT2D eigenvalue weighted by molar-refractivity contribution is -0.125. The van der Waals surface area contributed by atoms with Crippen molar-refractivity contribution in [2.75, 3.05) is 6.54 Å². The topological polar surface area (TPSA) is 89.5 Å². The number of carbonyl (C=O) groups excluding carboxylic acids is 1. The minimum absolute atomic E-state index is 0.0108. The number of aryl methyl sites for hydroxylation is 1. The molecule has 0 aliphatic heterocycles. The molecule has 0 radical (unpaired) electrons. The Kier molecular flexibility index (Phi) is 8.16. The van der Waals surface area contributed by atoms with E-state index in [9.17, 15) is 22.8 Å². The van der Waals surface area contributed by atoms with Crippen molar-refractivity contribution < 1.29 is 17.6 Å². The van der Waals surface area contributed by atoms with Gasteiger partial charge in [0, 0.05) is 34.6 Å². The SMILES string of the molecule is Cc1cc(S(=O)(=O)N(Cc2c(Cl)cccc2Cl)CC2CCC(C(=O)N[O-])CC2)ccc1F. The summed E-state index contributed by atoms with van der Waals surface area (Å²) in [7, 11) is -3.99. The second-order valence-corrected chi connectivity index (χ2v) is 10.8. The van der Waals surface area contributed by atoms with E-state index in [2.05, 4.69) is 0 Å². The molecule has 1 aliphatic carbocycles. The lowest BCUT2D eigenvalue weighted by atomic mass is 9.81. The largest absolute Gasteiger partial charge is 0.759 e. The maximum absolute atomic E-state index is 13.7. The van der Waals surface area contributed by atoms with Crippen molar-refractivity contribution in [1.82, 2.24) is 9.79 Å². The van der Waals surface area contributed by atoms with Crippen LogP contribution in [-0.4, -0.2) is 25.2 Å². The monoisotopic (exact) mass is 501 g/mol. The highest BCUT2D eigenvalue weighted by Gasteiger charge is 2.32. The van der Waals surface area contributed by atoms with Crippen molar-refractivity contribution in [3.63, 3.8) is 0 Å². The number of amides is 1. The van der Waals surface area contributed by atoms with Gasteiger partial charge in [0.05, 0.1) is 4.90 Å². The first-order chi connectivity index (χ1) is 15.1. The quantitative estimate of drug-likeness (QED) is 0.537. The second-order valence-electron chi connectivity index (χ2n) is 8.09. The molecule has 3 rings (SSSR count). The van der Waals surface area contributed by atoms with Crippen molar-refractivity contribution in [3.8, 4) is 0 Å². The molecule has 1 N–H and O–H groups in total. The van der Waals surface area contributed by atoms with Crippen molar-refractivity contribution >= 4 is 39.1 Å². The summed E-state index contributed by atoms with van der Waals surface area (Å²) in [6.07, 6.45) is 2.22. The van der Waals surface area contributed by atoms with Gasteiger partial charge in [0.1, 0.15) is 5.82 Å². The van der Waals surface area contributed by atoms with Crippen molar-refractivity contribution in [2.45, 2.75) is 44.0 Å². The molecule has 0 bridgehead atoms. The molecule has 0 saturated heterocycles. The molecule has 32 heavy (non-hydrogen) atoms. The van der Waals surface area contributed by atoms with E-state index in [0.717, 1.165) is 6.07 Å². The van der Waals surface area contributed by atoms with E-state index in [1.807, 2.05) is 0 Å². The Hall–Kier alpha value is -1.71. The lowest BCUT2D eigenvalue weighted by Gasteiger charge is -2.32. The van der Waals surface area contributed by atoms with Gasteiger partial charge in [-0.2, -0.15) is 4.31 Å². The first kappa shape index (κ1) is 24.9. The van der Waals surface area contributed by atoms with Crippen molar-refractivity contribution in [1.29, 1.82) is 0 Å². The van der Waals surface area contributed by atoms with Crippen molar-refractivity contribution in [3.05, 3.63) is 68.6 Å². The number of halogens is 3. The number of hydrogen-bond acceptors (Lipinski definition) is 4. The Morgan fingerprint density at radius 3 is 2.34 bits per heavy atom. The normalized spacial score (nSPS) is 19.2. The summed E-state index contributed by atoms with van der Waals surface area (Å²) in [5.41, 5.74) is 2.15. The molecule has 0 heterocycles. The van der Waals surface area contributed by atoms with E-state index in [-0.39, 0.29) is 35.4 Å². The summed E-state index contributed by atoms with van der Waals surface area (Å²) in [4.78, 5) is 11.6. The van der Waals surface area contributed by atoms with Gasteiger partial charge in [-0.3, -0.25) is 4.79 Å². The van der Waals surface area contributed by atoms with E-state index in [4.69, 9.17) is 23.2 Å². The van der Waals surface area contributed by atoms with Crippen LogP contribution in [0.1, 0.15) is 36.8 Å². The predicted octanol–water partition coefficient (Wildman–Crippen LogP) is 5.05. The minimum atomic E-state index is -3.99. The molecule has 1 aliphatic rings. The molecule has 2 aromatic carbocycles. The van der Waals surface area contributed by atoms with Gasteiger partial charge in [-0.15, -0.1) is 0 Å². The number of sulfonamides is 1. The fourth-order valence-electron chi connectivity index (χ4n) is 4.01. The summed E-state index contributed by atoms with van der Waals surface area (Å²) < 4.78 is 42.1. The maximum Gasteiger partial charge on any atom is 0.243 e. The Morgan fingerprint density at radius 2 is 1.78 bits per heavy atom. The number of hydrogen-bond donors (Lipinski definition) is 1. The molecule has 10 heteroatoms. The molecule has 0 atom stereocenters. The lowest BCUT2D eigenvalue weighted by Crippen LogP contribution is -2.37. The standard InChI is InChI=1S/C22H24Cl2FN2O4S/c1-14-11-17(9-10-21(14)25)32(30,31)27(13-18-19(23)3-2-4-20(18)24)12-15-5-7-16(8-6-15)22(28)26-29/h2-4,9-11,15-16H,5-8,12-13H2,1H3,(H-,26,28,29)/q-1. The maximum atomic E-state index is 13.7. The highest BCUT2D eigenvalue weighted by molar-refractivity contribution is 7.89. The van der Waals surface area contributed by atoms with E-state index in [1.54, 1.807) is 18.2 Å². The van der Waals surface area contributed by atoms with Crippen LogP contribution in [0.2, 0.25) is 10.0 Å². The number of hydroxylamine groups is 1. The Labute approximate surface area is 197 Å². The van der Waals surface area contributed by atoms with Crippen LogP contribution in [0.25, 0.3) is 0 Å². The predicted molar refractivity (Wildman–Crippen MR) is 122 cm³/mol. The average molecular weight is 502 g/mol. The Balaban J connectivity index is 1.89. The number of nitrogens with zero attached hydrogens (tertiary/aromatic N) is 1. The molecule has 0 spiro atoms. The van der Waals surface area contributed by atoms with Gasteiger partial charge < -0.3 is 10.7 Å². The second kappa shape index (κ2) is 10.5. The van der Waals surface area contributed by atoms with Crippen LogP contribution in [0, 0.1) is 29.8 Å². The van der Waals surface area contributed by atoms with Crippen LogP contribution >= 0.6 is 23.2 Å². The van der Waals surface area contributed by atoms with Crippen LogP contribution in [0.5, 0.6) is 0 Å². The fraction of sp³-hybridized carbons (Fsp3) is 0.409. The molecule has 0 aromatic heterocycles. The molecule has 1 amide bonds. The Bertz CT molecular complexity index is 1070. The van der Waals surface area contributed by atoms with E-state index < -0.39 is 21.7 Å². The molecular weight excluding hydrogens is 478 g/mol. The third-order valence-corrected chi connectivity index (χ3v) is 8.46. The summed E-state index contributed by atoms with van der Waals surface area (Å²) in [5.74, 6) is -1.38. The number of nitrogens with one attached hydrogen (secondary N) is 1. The highest BCUT2D eigenvalue weighted by atomic mass is 35.5. The van der Waals surface area contributed by atoms with E-state index in [1.165, 1.54) is 28.8 Å². The summed E-state index contributed by atoms with van der Waals surface area (Å²) in [6.45, 7) is 1.65. The van der Waals surface area contributed by atoms with E-state index >= 15 is 0 Å². The smallest absolute Gasteiger partial charge is 0.243 e. The number of carbonyl (C=O) groups is 1. The van der Waals surface area contributed by atoms with Gasteiger partial charge >= 0.3 is 0 Å².